The van der Waals surface area contributed by atoms with Crippen LogP contribution in [0, 0.1) is 0 Å². The van der Waals surface area contributed by atoms with E-state index >= 15 is 0 Å². The van der Waals surface area contributed by atoms with Crippen molar-refractivity contribution in [3.05, 3.63) is 109 Å². The maximum absolute atomic E-state index is 13.6. The van der Waals surface area contributed by atoms with Crippen LogP contribution in [0.1, 0.15) is 316 Å². The molecule has 10 heteroatoms. The number of amides is 1. The summed E-state index contributed by atoms with van der Waals surface area (Å²) in [5.74, 6) is -0.563. The molecule has 0 bridgehead atoms. The highest BCUT2D eigenvalue weighted by molar-refractivity contribution is 7.45. The summed E-state index contributed by atoms with van der Waals surface area (Å²) in [5, 5.41) is 3.03. The number of carbonyl (C=O) groups excluding carboxylic acids is 2. The van der Waals surface area contributed by atoms with Crippen molar-refractivity contribution in [1.82, 2.24) is 5.32 Å². The topological polar surface area (TPSA) is 114 Å². The van der Waals surface area contributed by atoms with E-state index in [1.807, 2.05) is 33.3 Å². The SMILES string of the molecule is CCCCC/C=C\C/C=C\C/C=C\C/C=C\CCCCCCCCCCCCCC(=O)OC(/C=C\CCCCCCCCCCCCC)C(COP(=O)([O-])OCC[N+](C)(C)C)NC(=O)CCCCCCC/C=C\C/C=C\C/C=C\C/C=C\CCCCC. The number of unbranched alkanes of at least 4 members (excludes halogenated alkanes) is 33. The van der Waals surface area contributed by atoms with E-state index < -0.39 is 26.6 Å². The Labute approximate surface area is 538 Å². The molecule has 0 heterocycles. The Hall–Kier alpha value is -3.33. The molecule has 3 atom stereocenters. The lowest BCUT2D eigenvalue weighted by molar-refractivity contribution is -0.870. The molecule has 0 aliphatic heterocycles. The van der Waals surface area contributed by atoms with Crippen LogP contribution in [0.5, 0.6) is 0 Å². The lowest BCUT2D eigenvalue weighted by Gasteiger charge is -2.30. The summed E-state index contributed by atoms with van der Waals surface area (Å²) in [6.07, 6.45) is 90.6. The monoisotopic (exact) mass is 1230 g/mol. The van der Waals surface area contributed by atoms with Crippen molar-refractivity contribution in [2.75, 3.05) is 40.9 Å². The van der Waals surface area contributed by atoms with Gasteiger partial charge in [-0.1, -0.05) is 291 Å². The first-order valence-electron chi connectivity index (χ1n) is 36.2. The smallest absolute Gasteiger partial charge is 0.306 e. The molecule has 0 aliphatic rings. The minimum absolute atomic E-state index is 0.0313. The zero-order valence-corrected chi connectivity index (χ0v) is 58.3. The van der Waals surface area contributed by atoms with Crippen molar-refractivity contribution >= 4 is 19.7 Å². The predicted octanol–water partition coefficient (Wildman–Crippen LogP) is 22.6. The molecule has 0 radical (unpaired) electrons. The van der Waals surface area contributed by atoms with Gasteiger partial charge >= 0.3 is 5.97 Å². The average molecular weight is 1230 g/mol. The third kappa shape index (κ3) is 66.9. The third-order valence-corrected chi connectivity index (χ3v) is 16.6. The molecule has 9 nitrogen and oxygen atoms in total. The maximum atomic E-state index is 13.6. The normalized spacial score (nSPS) is 14.1. The Morgan fingerprint density at radius 2 is 0.701 bits per heavy atom. The molecule has 502 valence electrons. The number of phosphoric acid groups is 1. The summed E-state index contributed by atoms with van der Waals surface area (Å²) in [4.78, 5) is 40.2. The van der Waals surface area contributed by atoms with E-state index in [2.05, 4.69) is 123 Å². The Morgan fingerprint density at radius 1 is 0.402 bits per heavy atom. The highest BCUT2D eigenvalue weighted by Gasteiger charge is 2.27. The zero-order valence-electron chi connectivity index (χ0n) is 57.4. The van der Waals surface area contributed by atoms with Gasteiger partial charge in [-0.15, -0.1) is 0 Å². The summed E-state index contributed by atoms with van der Waals surface area (Å²) in [6.45, 7) is 6.79. The van der Waals surface area contributed by atoms with Crippen molar-refractivity contribution < 1.29 is 37.3 Å². The molecular weight excluding hydrogens is 1100 g/mol. The fourth-order valence-electron chi connectivity index (χ4n) is 10.1. The summed E-state index contributed by atoms with van der Waals surface area (Å²) >= 11 is 0. The van der Waals surface area contributed by atoms with Gasteiger partial charge in [0, 0.05) is 12.8 Å². The second-order valence-corrected chi connectivity index (χ2v) is 26.8. The first-order chi connectivity index (χ1) is 42.4. The van der Waals surface area contributed by atoms with Crippen LogP contribution in [0.25, 0.3) is 0 Å². The van der Waals surface area contributed by atoms with Crippen LogP contribution in [-0.2, 0) is 27.9 Å². The third-order valence-electron chi connectivity index (χ3n) is 15.7. The molecule has 0 fully saturated rings. The molecule has 0 saturated heterocycles. The number of ether oxygens (including phenoxy) is 1. The molecule has 87 heavy (non-hydrogen) atoms. The second-order valence-electron chi connectivity index (χ2n) is 25.4. The molecule has 1 N–H and O–H groups in total. The van der Waals surface area contributed by atoms with Crippen molar-refractivity contribution in [2.45, 2.75) is 328 Å². The minimum Gasteiger partial charge on any atom is -0.756 e. The van der Waals surface area contributed by atoms with Crippen LogP contribution in [0.2, 0.25) is 0 Å². The van der Waals surface area contributed by atoms with Gasteiger partial charge in [-0.25, -0.2) is 0 Å². The van der Waals surface area contributed by atoms with Crippen LogP contribution in [0.3, 0.4) is 0 Å². The van der Waals surface area contributed by atoms with Crippen LogP contribution >= 0.6 is 7.82 Å². The van der Waals surface area contributed by atoms with Gasteiger partial charge in [-0.2, -0.15) is 0 Å². The average Bonchev–Trinajstić information content (AvgIpc) is 3.70. The lowest BCUT2D eigenvalue weighted by atomic mass is 10.0. The standard InChI is InChI=1S/C77H137N2O7P/c1-7-10-13-16-19-22-25-28-30-32-34-36-37-38-39-40-41-43-45-47-49-52-55-58-61-64-67-70-77(81)86-75(68-65-62-59-56-53-50-27-24-21-18-15-12-9-3)74(73-85-87(82,83)84-72-71-79(4,5)6)78-76(80)69-66-63-60-57-54-51-48-46-44-42-35-33-31-29-26-23-20-17-14-11-8-2/h19-20,22-23,28-31,34-36,38-39,42,46,48,65,68,74-75H,7-18,21,24-27,32-33,37,40-41,43-45,47,49-64,66-67,69-73H2,1-6H3,(H-,78,80,82,83)/b22-19-,23-20-,30-28-,31-29-,36-34-,39-38-,42-35-,48-46-,68-65-. The highest BCUT2D eigenvalue weighted by atomic mass is 31.2. The molecule has 0 aliphatic carbocycles. The van der Waals surface area contributed by atoms with Crippen LogP contribution in [0.4, 0.5) is 0 Å². The number of hydrogen-bond donors (Lipinski definition) is 1. The van der Waals surface area contributed by atoms with Gasteiger partial charge < -0.3 is 28.5 Å². The summed E-state index contributed by atoms with van der Waals surface area (Å²) < 4.78 is 30.5. The van der Waals surface area contributed by atoms with Gasteiger partial charge in [-0.05, 0) is 122 Å². The fraction of sp³-hybridized carbons (Fsp3) is 0.740. The van der Waals surface area contributed by atoms with E-state index in [1.165, 1.54) is 161 Å². The largest absolute Gasteiger partial charge is 0.756 e. The number of esters is 1. The van der Waals surface area contributed by atoms with Crippen LogP contribution < -0.4 is 10.2 Å². The molecule has 0 aromatic rings. The number of carbonyl (C=O) groups is 2. The van der Waals surface area contributed by atoms with Gasteiger partial charge in [0.2, 0.25) is 5.91 Å². The number of allylic oxidation sites excluding steroid dienone is 17. The van der Waals surface area contributed by atoms with Crippen molar-refractivity contribution in [3.8, 4) is 0 Å². The zero-order chi connectivity index (χ0) is 63.5. The molecule has 0 rings (SSSR count). The van der Waals surface area contributed by atoms with E-state index in [9.17, 15) is 19.0 Å². The van der Waals surface area contributed by atoms with E-state index in [1.54, 1.807) is 0 Å². The summed E-state index contributed by atoms with van der Waals surface area (Å²) in [6, 6.07) is -0.908. The fourth-order valence-corrected chi connectivity index (χ4v) is 10.8. The van der Waals surface area contributed by atoms with Crippen molar-refractivity contribution in [1.29, 1.82) is 0 Å². The highest BCUT2D eigenvalue weighted by Crippen LogP contribution is 2.38. The molecule has 0 aromatic heterocycles. The molecule has 0 spiro atoms. The van der Waals surface area contributed by atoms with Crippen molar-refractivity contribution in [3.63, 3.8) is 0 Å². The number of hydrogen-bond acceptors (Lipinski definition) is 7. The van der Waals surface area contributed by atoms with E-state index in [4.69, 9.17) is 13.8 Å². The number of nitrogens with zero attached hydrogens (tertiary/aromatic N) is 1. The van der Waals surface area contributed by atoms with E-state index in [-0.39, 0.29) is 24.9 Å². The first-order valence-corrected chi connectivity index (χ1v) is 37.7. The number of rotatable bonds is 65. The van der Waals surface area contributed by atoms with Crippen LogP contribution in [-0.4, -0.2) is 69.4 Å². The van der Waals surface area contributed by atoms with E-state index in [0.717, 1.165) is 116 Å². The Morgan fingerprint density at radius 3 is 1.07 bits per heavy atom. The van der Waals surface area contributed by atoms with Gasteiger partial charge in [0.25, 0.3) is 7.82 Å². The second kappa shape index (κ2) is 65.6. The minimum atomic E-state index is -4.72. The molecule has 3 unspecified atom stereocenters. The van der Waals surface area contributed by atoms with Gasteiger partial charge in [-0.3, -0.25) is 14.2 Å². The Bertz CT molecular complexity index is 1860. The van der Waals surface area contributed by atoms with Gasteiger partial charge in [0.05, 0.1) is 33.8 Å². The quantitative estimate of drug-likeness (QED) is 0.0212. The molecular formula is C77H137N2O7P. The predicted molar refractivity (Wildman–Crippen MR) is 376 cm³/mol. The molecule has 1 amide bonds. The van der Waals surface area contributed by atoms with E-state index in [0.29, 0.717) is 23.9 Å². The maximum Gasteiger partial charge on any atom is 0.306 e. The number of quaternary nitrogens is 1. The Balaban J connectivity index is 5.13. The summed E-state index contributed by atoms with van der Waals surface area (Å²) in [7, 11) is 1.16. The Kier molecular flexibility index (Phi) is 63.1. The molecule has 0 saturated carbocycles. The number of likely N-dealkylation sites (N-methyl/N-ethyl adjacent to an activating group) is 1. The van der Waals surface area contributed by atoms with Gasteiger partial charge in [0.15, 0.2) is 0 Å². The van der Waals surface area contributed by atoms with Crippen molar-refractivity contribution in [2.24, 2.45) is 0 Å². The number of nitrogens with one attached hydrogen (secondary N) is 1. The first kappa shape index (κ1) is 83.7. The van der Waals surface area contributed by atoms with Gasteiger partial charge in [0.1, 0.15) is 19.3 Å². The summed E-state index contributed by atoms with van der Waals surface area (Å²) in [5.41, 5.74) is 0. The lowest BCUT2D eigenvalue weighted by Crippen LogP contribution is -2.47. The van der Waals surface area contributed by atoms with Crippen LogP contribution in [0.15, 0.2) is 109 Å². The number of phosphoric ester groups is 1. The molecule has 0 aromatic carbocycles.